The van der Waals surface area contributed by atoms with E-state index in [0.29, 0.717) is 0 Å². The second-order valence-corrected chi connectivity index (χ2v) is 4.33. The van der Waals surface area contributed by atoms with Gasteiger partial charge < -0.3 is 18.9 Å². The predicted molar refractivity (Wildman–Crippen MR) is 69.5 cm³/mol. The molecule has 0 aliphatic heterocycles. The average molecular weight is 332 g/mol. The maximum atomic E-state index is 12.9. The number of esters is 1. The molecule has 126 valence electrons. The Morgan fingerprint density at radius 3 is 1.78 bits per heavy atom. The Kier molecular flexibility index (Phi) is 6.36. The van der Waals surface area contributed by atoms with Gasteiger partial charge in [-0.1, -0.05) is 10.3 Å². The second-order valence-electron chi connectivity index (χ2n) is 4.33. The fourth-order valence-electron chi connectivity index (χ4n) is 1.37. The van der Waals surface area contributed by atoms with Crippen molar-refractivity contribution in [2.45, 2.75) is 26.7 Å². The minimum Gasteiger partial charge on any atom is -0.481 e. The van der Waals surface area contributed by atoms with Gasteiger partial charge in [0, 0.05) is 0 Å². The first kappa shape index (κ1) is 18.3. The number of nitrogens with zero attached hydrogens (tertiary/aromatic N) is 2. The van der Waals surface area contributed by atoms with Gasteiger partial charge in [0.1, 0.15) is 24.2 Å². The molecule has 0 radical (unpaired) electrons. The lowest BCUT2D eigenvalue weighted by molar-refractivity contribution is -0.140. The molecule has 2 aromatic heterocycles. The number of aryl methyl sites for hydroxylation is 2. The van der Waals surface area contributed by atoms with Crippen molar-refractivity contribution in [3.8, 4) is 0 Å². The molecule has 23 heavy (non-hydrogen) atoms. The number of carboxylic acids is 1. The summed E-state index contributed by atoms with van der Waals surface area (Å²) in [6, 6.07) is 0. The third-order valence-corrected chi connectivity index (χ3v) is 2.55. The number of carboxylic acid groups (broad SMARTS) is 1. The number of hydrogen-bond acceptors (Lipinski definition) is 7. The molecule has 8 nitrogen and oxygen atoms in total. The Balaban J connectivity index is 0.000000231. The number of carbonyl (C=O) groups is 2. The summed E-state index contributed by atoms with van der Waals surface area (Å²) in [5.74, 6) is -3.26. The number of rotatable bonds is 4. The number of halogens is 2. The summed E-state index contributed by atoms with van der Waals surface area (Å²) >= 11 is 0. The molecule has 0 spiro atoms. The highest BCUT2D eigenvalue weighted by atomic mass is 19.1. The fourth-order valence-corrected chi connectivity index (χ4v) is 1.37. The van der Waals surface area contributed by atoms with Gasteiger partial charge in [-0.25, -0.2) is 8.78 Å². The van der Waals surface area contributed by atoms with Crippen molar-refractivity contribution < 1.29 is 37.3 Å². The highest BCUT2D eigenvalue weighted by molar-refractivity contribution is 5.71. The molecular weight excluding hydrogens is 318 g/mol. The number of aliphatic carboxylic acids is 1. The third-order valence-electron chi connectivity index (χ3n) is 2.55. The van der Waals surface area contributed by atoms with E-state index in [0.717, 1.165) is 0 Å². The lowest BCUT2D eigenvalue weighted by Gasteiger charge is -1.93. The molecule has 2 aromatic rings. The first-order valence-corrected chi connectivity index (χ1v) is 6.26. The van der Waals surface area contributed by atoms with Gasteiger partial charge in [-0.3, -0.25) is 9.59 Å². The predicted octanol–water partition coefficient (Wildman–Crippen LogP) is 1.59. The van der Waals surface area contributed by atoms with Gasteiger partial charge in [0.25, 0.3) is 0 Å². The van der Waals surface area contributed by atoms with E-state index in [4.69, 9.17) is 5.11 Å². The molecule has 0 aliphatic carbocycles. The van der Waals surface area contributed by atoms with Crippen molar-refractivity contribution in [3.05, 3.63) is 34.5 Å². The summed E-state index contributed by atoms with van der Waals surface area (Å²) in [6.07, 6.45) is -0.685. The van der Waals surface area contributed by atoms with Gasteiger partial charge in [-0.05, 0) is 13.8 Å². The molecule has 0 fully saturated rings. The van der Waals surface area contributed by atoms with Crippen LogP contribution in [-0.2, 0) is 27.2 Å². The average Bonchev–Trinajstić information content (AvgIpc) is 2.98. The van der Waals surface area contributed by atoms with Crippen LogP contribution < -0.4 is 0 Å². The van der Waals surface area contributed by atoms with Gasteiger partial charge in [0.15, 0.2) is 23.2 Å². The van der Waals surface area contributed by atoms with Crippen LogP contribution in [-0.4, -0.2) is 34.5 Å². The van der Waals surface area contributed by atoms with E-state index in [1.165, 1.54) is 21.0 Å². The monoisotopic (exact) mass is 332 g/mol. The Hall–Kier alpha value is -2.78. The van der Waals surface area contributed by atoms with Gasteiger partial charge >= 0.3 is 11.9 Å². The van der Waals surface area contributed by atoms with E-state index in [2.05, 4.69) is 24.1 Å². The number of hydrogen-bond donors (Lipinski definition) is 1. The standard InChI is InChI=1S/C7H8FNO3.C6H6FNO3/c1-4-7(8)5(12-9-4)3-6(10)11-2;1-3-6(7)4(11-8-3)2-5(9)10/h3H2,1-2H3;2H2,1H3,(H,9,10). The lowest BCUT2D eigenvalue weighted by atomic mass is 10.3. The first-order chi connectivity index (χ1) is 10.8. The zero-order valence-electron chi connectivity index (χ0n) is 12.6. The summed E-state index contributed by atoms with van der Waals surface area (Å²) < 4.78 is 38.9. The molecule has 0 aromatic carbocycles. The van der Waals surface area contributed by atoms with Crippen molar-refractivity contribution in [3.63, 3.8) is 0 Å². The molecule has 2 heterocycles. The van der Waals surface area contributed by atoms with Crippen molar-refractivity contribution in [1.82, 2.24) is 10.3 Å². The molecule has 0 saturated heterocycles. The van der Waals surface area contributed by atoms with E-state index in [-0.39, 0.29) is 29.3 Å². The molecule has 0 amide bonds. The van der Waals surface area contributed by atoms with Crippen molar-refractivity contribution in [1.29, 1.82) is 0 Å². The fraction of sp³-hybridized carbons (Fsp3) is 0.385. The molecule has 10 heteroatoms. The van der Waals surface area contributed by atoms with Crippen molar-refractivity contribution in [2.75, 3.05) is 7.11 Å². The smallest absolute Gasteiger partial charge is 0.313 e. The molecule has 0 saturated carbocycles. The van der Waals surface area contributed by atoms with E-state index in [1.54, 1.807) is 0 Å². The SMILES string of the molecule is COC(=O)Cc1onc(C)c1F.Cc1noc(CC(=O)O)c1F. The summed E-state index contributed by atoms with van der Waals surface area (Å²) in [4.78, 5) is 20.7. The maximum absolute atomic E-state index is 12.9. The van der Waals surface area contributed by atoms with Crippen LogP contribution in [0.1, 0.15) is 22.9 Å². The topological polar surface area (TPSA) is 116 Å². The van der Waals surface area contributed by atoms with Crippen LogP contribution in [0.4, 0.5) is 8.78 Å². The van der Waals surface area contributed by atoms with Gasteiger partial charge in [-0.15, -0.1) is 0 Å². The van der Waals surface area contributed by atoms with Crippen LogP contribution in [0, 0.1) is 25.5 Å². The number of ether oxygens (including phenoxy) is 1. The maximum Gasteiger partial charge on any atom is 0.313 e. The highest BCUT2D eigenvalue weighted by Gasteiger charge is 2.16. The number of aromatic nitrogens is 2. The molecule has 0 atom stereocenters. The minimum absolute atomic E-state index is 0.0839. The Bertz CT molecular complexity index is 695. The summed E-state index contributed by atoms with van der Waals surface area (Å²) in [5.41, 5.74) is 0.232. The molecule has 0 bridgehead atoms. The van der Waals surface area contributed by atoms with Crippen molar-refractivity contribution in [2.24, 2.45) is 0 Å². The summed E-state index contributed by atoms with van der Waals surface area (Å²) in [5, 5.41) is 14.8. The normalized spacial score (nSPS) is 9.96. The molecule has 0 aliphatic rings. The van der Waals surface area contributed by atoms with Gasteiger partial charge in [-0.2, -0.15) is 0 Å². The summed E-state index contributed by atoms with van der Waals surface area (Å²) in [7, 11) is 1.23. The Morgan fingerprint density at radius 2 is 1.48 bits per heavy atom. The quantitative estimate of drug-likeness (QED) is 0.839. The van der Waals surface area contributed by atoms with Crippen LogP contribution in [0.2, 0.25) is 0 Å². The zero-order chi connectivity index (χ0) is 17.6. The zero-order valence-corrected chi connectivity index (χ0v) is 12.6. The van der Waals surface area contributed by atoms with E-state index in [1.807, 2.05) is 0 Å². The van der Waals surface area contributed by atoms with E-state index < -0.39 is 30.0 Å². The van der Waals surface area contributed by atoms with Crippen LogP contribution in [0.25, 0.3) is 0 Å². The molecular formula is C13H14F2N2O6. The Morgan fingerprint density at radius 1 is 1.04 bits per heavy atom. The van der Waals surface area contributed by atoms with Crippen molar-refractivity contribution >= 4 is 11.9 Å². The molecule has 0 unspecified atom stereocenters. The van der Waals surface area contributed by atoms with Crippen LogP contribution >= 0.6 is 0 Å². The lowest BCUT2D eigenvalue weighted by Crippen LogP contribution is -2.04. The molecule has 1 N–H and O–H groups in total. The third kappa shape index (κ3) is 5.16. The van der Waals surface area contributed by atoms with E-state index >= 15 is 0 Å². The van der Waals surface area contributed by atoms with Crippen LogP contribution in [0.5, 0.6) is 0 Å². The summed E-state index contributed by atoms with van der Waals surface area (Å²) in [6.45, 7) is 2.86. The first-order valence-electron chi connectivity index (χ1n) is 6.26. The molecule has 2 rings (SSSR count). The number of methoxy groups -OCH3 is 1. The second kappa shape index (κ2) is 8.01. The van der Waals surface area contributed by atoms with E-state index in [9.17, 15) is 18.4 Å². The Labute approximate surface area is 129 Å². The highest BCUT2D eigenvalue weighted by Crippen LogP contribution is 2.11. The minimum atomic E-state index is -1.14. The van der Waals surface area contributed by atoms with Crippen LogP contribution in [0.3, 0.4) is 0 Å². The number of carbonyl (C=O) groups excluding carboxylic acids is 1. The van der Waals surface area contributed by atoms with Gasteiger partial charge in [0.2, 0.25) is 0 Å². The largest absolute Gasteiger partial charge is 0.481 e. The van der Waals surface area contributed by atoms with Gasteiger partial charge in [0.05, 0.1) is 7.11 Å². The van der Waals surface area contributed by atoms with Crippen LogP contribution in [0.15, 0.2) is 9.05 Å².